The summed E-state index contributed by atoms with van der Waals surface area (Å²) in [5, 5.41) is 8.48. The smallest absolute Gasteiger partial charge is 0.408 e. The number of fused-ring (bicyclic) bond motifs is 1. The van der Waals surface area contributed by atoms with Crippen LogP contribution in [-0.2, 0) is 6.54 Å². The third-order valence-electron chi connectivity index (χ3n) is 2.27. The van der Waals surface area contributed by atoms with E-state index in [9.17, 15) is 4.79 Å². The molecular weight excluding hydrogens is 192 g/mol. The van der Waals surface area contributed by atoms with E-state index < -0.39 is 5.76 Å². The molecule has 0 spiro atoms. The molecule has 1 heterocycles. The lowest BCUT2D eigenvalue weighted by molar-refractivity contribution is 0.507. The lowest BCUT2D eigenvalue weighted by Crippen LogP contribution is -2.13. The first kappa shape index (κ1) is 9.53. The zero-order valence-corrected chi connectivity index (χ0v) is 8.36. The molecule has 76 valence electrons. The Hall–Kier alpha value is -2.02. The lowest BCUT2D eigenvalue weighted by Gasteiger charge is -1.97. The van der Waals surface area contributed by atoms with Gasteiger partial charge in [-0.15, -0.1) is 0 Å². The van der Waals surface area contributed by atoms with Crippen LogP contribution in [0.2, 0.25) is 0 Å². The summed E-state index contributed by atoms with van der Waals surface area (Å²) in [5.74, 6) is -0.397. The molecule has 1 aromatic carbocycles. The second-order valence-electron chi connectivity index (χ2n) is 3.40. The monoisotopic (exact) mass is 202 g/mol. The van der Waals surface area contributed by atoms with Crippen LogP contribution in [0.15, 0.2) is 27.4 Å². The third-order valence-corrected chi connectivity index (χ3v) is 2.27. The quantitative estimate of drug-likeness (QED) is 0.746. The van der Waals surface area contributed by atoms with Crippen LogP contribution in [0.5, 0.6) is 0 Å². The Bertz CT molecular complexity index is 587. The normalized spacial score (nSPS) is 10.4. The highest BCUT2D eigenvalue weighted by Gasteiger charge is 2.07. The highest BCUT2D eigenvalue weighted by atomic mass is 16.4. The summed E-state index contributed by atoms with van der Waals surface area (Å²) >= 11 is 0. The second-order valence-corrected chi connectivity index (χ2v) is 3.40. The van der Waals surface area contributed by atoms with Crippen molar-refractivity contribution in [1.82, 2.24) is 4.57 Å². The van der Waals surface area contributed by atoms with Crippen LogP contribution in [0.25, 0.3) is 11.1 Å². The van der Waals surface area contributed by atoms with Crippen LogP contribution in [0.3, 0.4) is 0 Å². The van der Waals surface area contributed by atoms with Crippen molar-refractivity contribution in [3.05, 3.63) is 34.3 Å². The van der Waals surface area contributed by atoms with Gasteiger partial charge in [0.2, 0.25) is 0 Å². The van der Waals surface area contributed by atoms with Crippen LogP contribution in [0, 0.1) is 18.3 Å². The minimum absolute atomic E-state index is 0.308. The van der Waals surface area contributed by atoms with E-state index in [-0.39, 0.29) is 0 Å². The topological polar surface area (TPSA) is 58.9 Å². The molecular formula is C11H10N2O2. The van der Waals surface area contributed by atoms with E-state index in [1.165, 1.54) is 4.57 Å². The van der Waals surface area contributed by atoms with Gasteiger partial charge in [0.05, 0.1) is 18.0 Å². The molecule has 0 aliphatic heterocycles. The van der Waals surface area contributed by atoms with Crippen molar-refractivity contribution < 1.29 is 4.42 Å². The number of nitriles is 1. The molecule has 0 fully saturated rings. The zero-order valence-electron chi connectivity index (χ0n) is 8.36. The summed E-state index contributed by atoms with van der Waals surface area (Å²) < 4.78 is 6.56. The summed E-state index contributed by atoms with van der Waals surface area (Å²) in [4.78, 5) is 11.4. The van der Waals surface area contributed by atoms with Crippen LogP contribution in [-0.4, -0.2) is 4.57 Å². The van der Waals surface area contributed by atoms with Gasteiger partial charge in [-0.1, -0.05) is 6.07 Å². The maximum Gasteiger partial charge on any atom is 0.419 e. The van der Waals surface area contributed by atoms with Gasteiger partial charge >= 0.3 is 5.76 Å². The fourth-order valence-corrected chi connectivity index (χ4v) is 1.55. The average Bonchev–Trinajstić information content (AvgIpc) is 2.50. The molecule has 4 nitrogen and oxygen atoms in total. The largest absolute Gasteiger partial charge is 0.419 e. The van der Waals surface area contributed by atoms with Crippen molar-refractivity contribution in [2.24, 2.45) is 0 Å². The number of oxazole rings is 1. The molecule has 0 radical (unpaired) electrons. The Morgan fingerprint density at radius 2 is 2.33 bits per heavy atom. The number of aromatic nitrogens is 1. The Labute approximate surface area is 86.4 Å². The highest BCUT2D eigenvalue weighted by Crippen LogP contribution is 2.14. The first-order valence-corrected chi connectivity index (χ1v) is 4.69. The van der Waals surface area contributed by atoms with Crippen molar-refractivity contribution >= 4 is 11.1 Å². The third kappa shape index (κ3) is 1.64. The minimum atomic E-state index is -0.397. The molecule has 2 aromatic rings. The fourth-order valence-electron chi connectivity index (χ4n) is 1.55. The Kier molecular flexibility index (Phi) is 2.30. The molecule has 0 unspecified atom stereocenters. The Balaban J connectivity index is 2.59. The van der Waals surface area contributed by atoms with Gasteiger partial charge in [0.15, 0.2) is 5.58 Å². The van der Waals surface area contributed by atoms with Gasteiger partial charge < -0.3 is 4.42 Å². The van der Waals surface area contributed by atoms with Crippen molar-refractivity contribution in [3.63, 3.8) is 0 Å². The maximum absolute atomic E-state index is 11.4. The van der Waals surface area contributed by atoms with Crippen molar-refractivity contribution in [2.75, 3.05) is 0 Å². The van der Waals surface area contributed by atoms with E-state index >= 15 is 0 Å². The molecule has 0 aliphatic carbocycles. The van der Waals surface area contributed by atoms with Gasteiger partial charge in [0.1, 0.15) is 0 Å². The molecule has 0 N–H and O–H groups in total. The molecule has 2 rings (SSSR count). The SMILES string of the molecule is Cc1ccc2c(c1)oc(=O)n2CCC#N. The standard InChI is InChI=1S/C11H10N2O2/c1-8-3-4-9-10(7-8)15-11(14)13(9)6-2-5-12/h3-4,7H,2,6H2,1H3. The number of hydrogen-bond acceptors (Lipinski definition) is 3. The van der Waals surface area contributed by atoms with Gasteiger partial charge in [0, 0.05) is 6.54 Å². The van der Waals surface area contributed by atoms with E-state index in [0.29, 0.717) is 18.5 Å². The molecule has 4 heteroatoms. The number of nitrogens with zero attached hydrogens (tertiary/aromatic N) is 2. The molecule has 0 amide bonds. The lowest BCUT2D eigenvalue weighted by atomic mass is 10.2. The number of aryl methyl sites for hydroxylation is 2. The van der Waals surface area contributed by atoms with Crippen molar-refractivity contribution in [3.8, 4) is 6.07 Å². The first-order chi connectivity index (χ1) is 7.22. The average molecular weight is 202 g/mol. The van der Waals surface area contributed by atoms with Crippen molar-refractivity contribution in [1.29, 1.82) is 5.26 Å². The molecule has 0 saturated heterocycles. The van der Waals surface area contributed by atoms with E-state index in [1.54, 1.807) is 0 Å². The molecule has 15 heavy (non-hydrogen) atoms. The van der Waals surface area contributed by atoms with Crippen molar-refractivity contribution in [2.45, 2.75) is 19.9 Å². The number of hydrogen-bond donors (Lipinski definition) is 0. The molecule has 0 saturated carbocycles. The predicted octanol–water partition coefficient (Wildman–Crippen LogP) is 1.82. The van der Waals surface area contributed by atoms with Gasteiger partial charge in [0.25, 0.3) is 0 Å². The van der Waals surface area contributed by atoms with Crippen LogP contribution < -0.4 is 5.76 Å². The minimum Gasteiger partial charge on any atom is -0.408 e. The summed E-state index contributed by atoms with van der Waals surface area (Å²) in [6.07, 6.45) is 0.308. The Morgan fingerprint density at radius 3 is 3.07 bits per heavy atom. The maximum atomic E-state index is 11.4. The van der Waals surface area contributed by atoms with Gasteiger partial charge in [-0.3, -0.25) is 4.57 Å². The van der Waals surface area contributed by atoms with Gasteiger partial charge in [-0.2, -0.15) is 5.26 Å². The molecule has 0 aliphatic rings. The number of rotatable bonds is 2. The summed E-state index contributed by atoms with van der Waals surface area (Å²) in [6, 6.07) is 7.58. The van der Waals surface area contributed by atoms with Crippen LogP contribution in [0.4, 0.5) is 0 Å². The zero-order chi connectivity index (χ0) is 10.8. The molecule has 0 bridgehead atoms. The fraction of sp³-hybridized carbons (Fsp3) is 0.273. The number of benzene rings is 1. The van der Waals surface area contributed by atoms with Crippen LogP contribution in [0.1, 0.15) is 12.0 Å². The van der Waals surface area contributed by atoms with Gasteiger partial charge in [-0.25, -0.2) is 4.79 Å². The van der Waals surface area contributed by atoms with E-state index in [1.807, 2.05) is 31.2 Å². The van der Waals surface area contributed by atoms with E-state index in [4.69, 9.17) is 9.68 Å². The first-order valence-electron chi connectivity index (χ1n) is 4.69. The Morgan fingerprint density at radius 1 is 1.53 bits per heavy atom. The predicted molar refractivity (Wildman–Crippen MR) is 55.4 cm³/mol. The second kappa shape index (κ2) is 3.62. The van der Waals surface area contributed by atoms with Crippen LogP contribution >= 0.6 is 0 Å². The highest BCUT2D eigenvalue weighted by molar-refractivity contribution is 5.73. The summed E-state index contributed by atoms with van der Waals surface area (Å²) in [5.41, 5.74) is 2.38. The van der Waals surface area contributed by atoms with Gasteiger partial charge in [-0.05, 0) is 24.6 Å². The summed E-state index contributed by atoms with van der Waals surface area (Å²) in [7, 11) is 0. The van der Waals surface area contributed by atoms with E-state index in [2.05, 4.69) is 0 Å². The molecule has 1 aromatic heterocycles. The van der Waals surface area contributed by atoms with E-state index in [0.717, 1.165) is 11.1 Å². The molecule has 0 atom stereocenters. The summed E-state index contributed by atoms with van der Waals surface area (Å²) in [6.45, 7) is 2.32.